The summed E-state index contributed by atoms with van der Waals surface area (Å²) in [5, 5.41) is 10.9. The van der Waals surface area contributed by atoms with Crippen LogP contribution >= 0.6 is 0 Å². The zero-order valence-electron chi connectivity index (χ0n) is 15.3. The van der Waals surface area contributed by atoms with Gasteiger partial charge in [0.25, 0.3) is 0 Å². The van der Waals surface area contributed by atoms with Crippen molar-refractivity contribution in [3.05, 3.63) is 35.4 Å². The minimum absolute atomic E-state index is 0.269. The summed E-state index contributed by atoms with van der Waals surface area (Å²) >= 11 is 0. The molecule has 4 heteroatoms. The second kappa shape index (κ2) is 6.73. The van der Waals surface area contributed by atoms with Crippen LogP contribution in [0.5, 0.6) is 0 Å². The summed E-state index contributed by atoms with van der Waals surface area (Å²) in [7, 11) is 0. The molecule has 1 saturated carbocycles. The number of fused-ring (bicyclic) bond motifs is 1. The maximum absolute atomic E-state index is 12.6. The van der Waals surface area contributed by atoms with Crippen LogP contribution in [0.4, 0.5) is 0 Å². The number of carbonyl (C=O) groups is 1. The number of aliphatic hydroxyl groups is 1. The van der Waals surface area contributed by atoms with Crippen LogP contribution < -0.4 is 0 Å². The Hall–Kier alpha value is -1.39. The zero-order chi connectivity index (χ0) is 17.4. The number of nitrogens with zero attached hydrogens (tertiary/aromatic N) is 2. The van der Waals surface area contributed by atoms with Crippen LogP contribution in [-0.2, 0) is 17.8 Å². The first-order valence-corrected chi connectivity index (χ1v) is 9.85. The second-order valence-corrected chi connectivity index (χ2v) is 8.30. The molecule has 0 unspecified atom stereocenters. The summed E-state index contributed by atoms with van der Waals surface area (Å²) in [6, 6.07) is 8.45. The van der Waals surface area contributed by atoms with Crippen molar-refractivity contribution in [3.8, 4) is 0 Å². The Morgan fingerprint density at radius 2 is 2.00 bits per heavy atom. The van der Waals surface area contributed by atoms with E-state index >= 15 is 0 Å². The Kier molecular flexibility index (Phi) is 4.59. The number of hydrogen-bond donors (Lipinski definition) is 1. The minimum atomic E-state index is -0.447. The SMILES string of the molecule is C[C@H]1CN(CCC(=O)N2CCc3ccccc3C2)CC[C@]1(O)C1CC1. The van der Waals surface area contributed by atoms with Crippen molar-refractivity contribution < 1.29 is 9.90 Å². The topological polar surface area (TPSA) is 43.8 Å². The van der Waals surface area contributed by atoms with E-state index in [9.17, 15) is 9.90 Å². The predicted octanol–water partition coefficient (Wildman–Crippen LogP) is 2.44. The van der Waals surface area contributed by atoms with Crippen molar-refractivity contribution >= 4 is 5.91 Å². The van der Waals surface area contributed by atoms with Gasteiger partial charge in [0.15, 0.2) is 0 Å². The van der Waals surface area contributed by atoms with Crippen molar-refractivity contribution in [1.29, 1.82) is 0 Å². The van der Waals surface area contributed by atoms with E-state index in [4.69, 9.17) is 0 Å². The van der Waals surface area contributed by atoms with E-state index in [0.717, 1.165) is 45.6 Å². The number of hydrogen-bond acceptors (Lipinski definition) is 3. The van der Waals surface area contributed by atoms with E-state index in [1.54, 1.807) is 0 Å². The van der Waals surface area contributed by atoms with Crippen molar-refractivity contribution in [2.24, 2.45) is 11.8 Å². The molecule has 0 bridgehead atoms. The van der Waals surface area contributed by atoms with Gasteiger partial charge in [-0.2, -0.15) is 0 Å². The Labute approximate surface area is 150 Å². The van der Waals surface area contributed by atoms with E-state index in [1.165, 1.54) is 24.0 Å². The molecule has 1 amide bonds. The summed E-state index contributed by atoms with van der Waals surface area (Å²) in [5.74, 6) is 1.11. The molecule has 1 aromatic rings. The fourth-order valence-electron chi connectivity index (χ4n) is 4.73. The maximum Gasteiger partial charge on any atom is 0.224 e. The summed E-state index contributed by atoms with van der Waals surface area (Å²) in [6.45, 7) is 6.44. The third-order valence-corrected chi connectivity index (χ3v) is 6.62. The van der Waals surface area contributed by atoms with Crippen molar-refractivity contribution in [2.45, 2.75) is 51.2 Å². The zero-order valence-corrected chi connectivity index (χ0v) is 15.3. The van der Waals surface area contributed by atoms with Crippen LogP contribution in [0.15, 0.2) is 24.3 Å². The molecule has 0 spiro atoms. The van der Waals surface area contributed by atoms with Gasteiger partial charge in [0, 0.05) is 39.1 Å². The summed E-state index contributed by atoms with van der Waals surface area (Å²) in [4.78, 5) is 17.0. The van der Waals surface area contributed by atoms with Gasteiger partial charge in [-0.15, -0.1) is 0 Å². The van der Waals surface area contributed by atoms with Crippen molar-refractivity contribution in [2.75, 3.05) is 26.2 Å². The van der Waals surface area contributed by atoms with E-state index < -0.39 is 5.60 Å². The van der Waals surface area contributed by atoms with Gasteiger partial charge in [-0.3, -0.25) is 4.79 Å². The molecule has 0 aromatic heterocycles. The molecule has 3 aliphatic rings. The molecular formula is C21H30N2O2. The average molecular weight is 342 g/mol. The smallest absolute Gasteiger partial charge is 0.224 e. The Bertz CT molecular complexity index is 643. The first-order chi connectivity index (χ1) is 12.1. The molecule has 2 fully saturated rings. The first-order valence-electron chi connectivity index (χ1n) is 9.85. The van der Waals surface area contributed by atoms with Gasteiger partial charge >= 0.3 is 0 Å². The number of likely N-dealkylation sites (tertiary alicyclic amines) is 1. The molecule has 2 heterocycles. The number of benzene rings is 1. The highest BCUT2D eigenvalue weighted by Gasteiger charge is 2.49. The molecule has 1 N–H and O–H groups in total. The van der Waals surface area contributed by atoms with Gasteiger partial charge in [-0.25, -0.2) is 0 Å². The van der Waals surface area contributed by atoms with Crippen LogP contribution in [0.2, 0.25) is 0 Å². The van der Waals surface area contributed by atoms with E-state index in [1.807, 2.05) is 4.90 Å². The molecule has 25 heavy (non-hydrogen) atoms. The number of piperidine rings is 1. The molecule has 4 rings (SSSR count). The van der Waals surface area contributed by atoms with Crippen LogP contribution in [0.25, 0.3) is 0 Å². The normalized spacial score (nSPS) is 30.2. The van der Waals surface area contributed by atoms with E-state index in [-0.39, 0.29) is 5.91 Å². The molecular weight excluding hydrogens is 312 g/mol. The number of carbonyl (C=O) groups excluding carboxylic acids is 1. The molecule has 1 aliphatic carbocycles. The highest BCUT2D eigenvalue weighted by molar-refractivity contribution is 5.76. The fraction of sp³-hybridized carbons (Fsp3) is 0.667. The molecule has 136 valence electrons. The largest absolute Gasteiger partial charge is 0.389 e. The van der Waals surface area contributed by atoms with Crippen molar-refractivity contribution in [3.63, 3.8) is 0 Å². The van der Waals surface area contributed by atoms with E-state index in [2.05, 4.69) is 36.1 Å². The van der Waals surface area contributed by atoms with Gasteiger partial charge in [0.1, 0.15) is 0 Å². The summed E-state index contributed by atoms with van der Waals surface area (Å²) < 4.78 is 0. The molecule has 1 aromatic carbocycles. The molecule has 2 aliphatic heterocycles. The fourth-order valence-corrected chi connectivity index (χ4v) is 4.73. The third-order valence-electron chi connectivity index (χ3n) is 6.62. The lowest BCUT2D eigenvalue weighted by molar-refractivity contribution is -0.133. The van der Waals surface area contributed by atoms with Crippen LogP contribution in [0, 0.1) is 11.8 Å². The van der Waals surface area contributed by atoms with Gasteiger partial charge in [0.05, 0.1) is 5.60 Å². The van der Waals surface area contributed by atoms with Crippen LogP contribution in [0.1, 0.15) is 43.7 Å². The van der Waals surface area contributed by atoms with Gasteiger partial charge in [0.2, 0.25) is 5.91 Å². The summed E-state index contributed by atoms with van der Waals surface area (Å²) in [6.07, 6.45) is 4.81. The van der Waals surface area contributed by atoms with Gasteiger partial charge < -0.3 is 14.9 Å². The third kappa shape index (κ3) is 3.47. The monoisotopic (exact) mass is 342 g/mol. The molecule has 4 nitrogen and oxygen atoms in total. The lowest BCUT2D eigenvalue weighted by Crippen LogP contribution is -2.52. The Morgan fingerprint density at radius 3 is 2.72 bits per heavy atom. The maximum atomic E-state index is 12.6. The van der Waals surface area contributed by atoms with Gasteiger partial charge in [-0.1, -0.05) is 31.2 Å². The van der Waals surface area contributed by atoms with E-state index in [0.29, 0.717) is 18.3 Å². The highest BCUT2D eigenvalue weighted by atomic mass is 16.3. The first kappa shape index (κ1) is 17.0. The minimum Gasteiger partial charge on any atom is -0.389 e. The van der Waals surface area contributed by atoms with Crippen LogP contribution in [0.3, 0.4) is 0 Å². The second-order valence-electron chi connectivity index (χ2n) is 8.30. The quantitative estimate of drug-likeness (QED) is 0.914. The standard InChI is InChI=1S/C21H30N2O2/c1-16-14-22(13-10-21(16,25)19-6-7-19)11-9-20(24)23-12-8-17-4-2-3-5-18(17)15-23/h2-5,16,19,25H,6-15H2,1H3/t16-,21+/m0/s1. The number of amides is 1. The average Bonchev–Trinajstić information content (AvgIpc) is 3.47. The molecule has 1 saturated heterocycles. The highest BCUT2D eigenvalue weighted by Crippen LogP contribution is 2.47. The Balaban J connectivity index is 1.27. The lowest BCUT2D eigenvalue weighted by Gasteiger charge is -2.44. The van der Waals surface area contributed by atoms with Crippen molar-refractivity contribution in [1.82, 2.24) is 9.80 Å². The number of rotatable bonds is 4. The van der Waals surface area contributed by atoms with Gasteiger partial charge in [-0.05, 0) is 48.6 Å². The lowest BCUT2D eigenvalue weighted by atomic mass is 9.78. The molecule has 2 atom stereocenters. The summed E-state index contributed by atoms with van der Waals surface area (Å²) in [5.41, 5.74) is 2.23. The predicted molar refractivity (Wildman–Crippen MR) is 98.1 cm³/mol. The van der Waals surface area contributed by atoms with Crippen LogP contribution in [-0.4, -0.2) is 52.6 Å². The molecule has 0 radical (unpaired) electrons. The Morgan fingerprint density at radius 1 is 1.24 bits per heavy atom.